The molecule has 0 atom stereocenters. The molecule has 13 heavy (non-hydrogen) atoms. The Morgan fingerprint density at radius 3 is 2.62 bits per heavy atom. The van der Waals surface area contributed by atoms with Gasteiger partial charge in [-0.1, -0.05) is 0 Å². The maximum Gasteiger partial charge on any atom is 0.331 e. The molecule has 1 aromatic heterocycles. The highest BCUT2D eigenvalue weighted by Gasteiger charge is 2.05. The van der Waals surface area contributed by atoms with Gasteiger partial charge in [0.1, 0.15) is 11.8 Å². The second kappa shape index (κ2) is 3.27. The van der Waals surface area contributed by atoms with Crippen LogP contribution in [0.5, 0.6) is 0 Å². The Hall–Kier alpha value is -1.83. The molecule has 5 nitrogen and oxygen atoms in total. The first kappa shape index (κ1) is 9.26. The molecule has 0 aliphatic heterocycles. The lowest BCUT2D eigenvalue weighted by Crippen LogP contribution is -2.38. The summed E-state index contributed by atoms with van der Waals surface area (Å²) in [6, 6.07) is 2.96. The zero-order valence-corrected chi connectivity index (χ0v) is 7.44. The lowest BCUT2D eigenvalue weighted by Gasteiger charge is -2.05. The average Bonchev–Trinajstić information content (AvgIpc) is 2.13. The summed E-state index contributed by atoms with van der Waals surface area (Å²) in [4.78, 5) is 22.5. The third-order valence-corrected chi connectivity index (χ3v) is 1.83. The number of aromatic nitrogens is 2. The van der Waals surface area contributed by atoms with Gasteiger partial charge in [-0.05, 0) is 6.92 Å². The fourth-order valence-corrected chi connectivity index (χ4v) is 1.07. The van der Waals surface area contributed by atoms with E-state index in [0.717, 1.165) is 10.6 Å². The van der Waals surface area contributed by atoms with E-state index in [9.17, 15) is 9.59 Å². The Bertz CT molecular complexity index is 476. The van der Waals surface area contributed by atoms with Crippen LogP contribution in [0.4, 0.5) is 0 Å². The molecule has 0 unspecified atom stereocenters. The first-order valence-corrected chi connectivity index (χ1v) is 3.82. The van der Waals surface area contributed by atoms with Crippen molar-refractivity contribution >= 4 is 0 Å². The Kier molecular flexibility index (Phi) is 2.33. The number of hydrogen-bond acceptors (Lipinski definition) is 3. The molecule has 0 fully saturated rings. The highest BCUT2D eigenvalue weighted by molar-refractivity contribution is 5.18. The minimum Gasteiger partial charge on any atom is -0.285 e. The number of nitrogens with zero attached hydrogens (tertiary/aromatic N) is 3. The first-order chi connectivity index (χ1) is 6.11. The smallest absolute Gasteiger partial charge is 0.285 e. The Balaban J connectivity index is 3.71. The van der Waals surface area contributed by atoms with E-state index in [1.165, 1.54) is 11.6 Å². The summed E-state index contributed by atoms with van der Waals surface area (Å²) >= 11 is 0. The van der Waals surface area contributed by atoms with Crippen LogP contribution in [0, 0.1) is 11.3 Å². The van der Waals surface area contributed by atoms with Crippen LogP contribution in [0.2, 0.25) is 0 Å². The van der Waals surface area contributed by atoms with Gasteiger partial charge in [0, 0.05) is 19.7 Å². The van der Waals surface area contributed by atoms with Crippen LogP contribution < -0.4 is 11.2 Å². The maximum absolute atomic E-state index is 11.4. The Labute approximate surface area is 74.5 Å². The molecule has 1 heterocycles. The minimum absolute atomic E-state index is 0.107. The van der Waals surface area contributed by atoms with Gasteiger partial charge in [0.05, 0.1) is 0 Å². The molecule has 0 radical (unpaired) electrons. The van der Waals surface area contributed by atoms with E-state index >= 15 is 0 Å². The van der Waals surface area contributed by atoms with Gasteiger partial charge in [-0.2, -0.15) is 5.26 Å². The lowest BCUT2D eigenvalue weighted by molar-refractivity contribution is 0.621. The second-order valence-electron chi connectivity index (χ2n) is 2.57. The fraction of sp³-hybridized carbons (Fsp3) is 0.375. The van der Waals surface area contributed by atoms with E-state index in [0.29, 0.717) is 6.54 Å². The third kappa shape index (κ3) is 1.38. The standard InChI is InChI=1S/C8H9N3O2/c1-3-11-6(5-9)4-7(12)10(2)8(11)13/h4H,3H2,1-2H3. The molecule has 0 aliphatic rings. The Morgan fingerprint density at radius 2 is 2.15 bits per heavy atom. The van der Waals surface area contributed by atoms with Crippen LogP contribution in [0.3, 0.4) is 0 Å². The van der Waals surface area contributed by atoms with Crippen LogP contribution in [0.15, 0.2) is 15.7 Å². The van der Waals surface area contributed by atoms with E-state index in [1.54, 1.807) is 13.0 Å². The Morgan fingerprint density at radius 1 is 1.54 bits per heavy atom. The summed E-state index contributed by atoms with van der Waals surface area (Å²) in [7, 11) is 1.39. The monoisotopic (exact) mass is 179 g/mol. The van der Waals surface area contributed by atoms with Gasteiger partial charge in [0.25, 0.3) is 5.56 Å². The van der Waals surface area contributed by atoms with E-state index in [-0.39, 0.29) is 5.69 Å². The summed E-state index contributed by atoms with van der Waals surface area (Å²) in [6.45, 7) is 2.13. The number of rotatable bonds is 1. The zero-order valence-electron chi connectivity index (χ0n) is 7.44. The van der Waals surface area contributed by atoms with Crippen molar-refractivity contribution in [2.24, 2.45) is 7.05 Å². The largest absolute Gasteiger partial charge is 0.331 e. The second-order valence-corrected chi connectivity index (χ2v) is 2.57. The predicted octanol–water partition coefficient (Wildman–Crippen LogP) is -0.561. The van der Waals surface area contributed by atoms with Crippen molar-refractivity contribution in [2.75, 3.05) is 0 Å². The van der Waals surface area contributed by atoms with Crippen LogP contribution in [-0.4, -0.2) is 9.13 Å². The van der Waals surface area contributed by atoms with Gasteiger partial charge >= 0.3 is 5.69 Å². The summed E-state index contributed by atoms with van der Waals surface area (Å²) in [5.41, 5.74) is -0.798. The molecule has 0 aromatic carbocycles. The molecule has 0 saturated carbocycles. The SMILES string of the molecule is CCn1c(C#N)cc(=O)n(C)c1=O. The van der Waals surface area contributed by atoms with Gasteiger partial charge in [0.2, 0.25) is 0 Å². The van der Waals surface area contributed by atoms with E-state index in [4.69, 9.17) is 5.26 Å². The molecule has 0 amide bonds. The molecule has 0 spiro atoms. The predicted molar refractivity (Wildman–Crippen MR) is 46.3 cm³/mol. The van der Waals surface area contributed by atoms with Gasteiger partial charge in [-0.3, -0.25) is 13.9 Å². The molecule has 0 N–H and O–H groups in total. The van der Waals surface area contributed by atoms with E-state index in [1.807, 2.05) is 0 Å². The van der Waals surface area contributed by atoms with Gasteiger partial charge in [0.15, 0.2) is 0 Å². The van der Waals surface area contributed by atoms with Gasteiger partial charge in [-0.25, -0.2) is 4.79 Å². The first-order valence-electron chi connectivity index (χ1n) is 3.82. The summed E-state index contributed by atoms with van der Waals surface area (Å²) in [5.74, 6) is 0. The van der Waals surface area contributed by atoms with E-state index in [2.05, 4.69) is 0 Å². The third-order valence-electron chi connectivity index (χ3n) is 1.83. The topological polar surface area (TPSA) is 67.8 Å². The van der Waals surface area contributed by atoms with Crippen molar-refractivity contribution in [3.05, 3.63) is 32.6 Å². The quantitative estimate of drug-likeness (QED) is 0.580. The van der Waals surface area contributed by atoms with Crippen molar-refractivity contribution < 1.29 is 0 Å². The molecule has 1 rings (SSSR count). The molecule has 5 heteroatoms. The molecule has 0 aliphatic carbocycles. The van der Waals surface area contributed by atoms with Crippen LogP contribution in [0.25, 0.3) is 0 Å². The van der Waals surface area contributed by atoms with Crippen LogP contribution >= 0.6 is 0 Å². The molecule has 1 aromatic rings. The molecule has 68 valence electrons. The van der Waals surface area contributed by atoms with Crippen molar-refractivity contribution in [2.45, 2.75) is 13.5 Å². The molecular weight excluding hydrogens is 170 g/mol. The summed E-state index contributed by atoms with van der Waals surface area (Å²) in [5, 5.41) is 8.63. The average molecular weight is 179 g/mol. The highest BCUT2D eigenvalue weighted by atomic mass is 16.2. The van der Waals surface area contributed by atoms with Crippen molar-refractivity contribution in [1.29, 1.82) is 5.26 Å². The summed E-state index contributed by atoms with van der Waals surface area (Å²) < 4.78 is 2.23. The lowest BCUT2D eigenvalue weighted by atomic mass is 10.4. The van der Waals surface area contributed by atoms with Crippen molar-refractivity contribution in [3.8, 4) is 6.07 Å². The van der Waals surface area contributed by atoms with Gasteiger partial charge < -0.3 is 0 Å². The zero-order chi connectivity index (χ0) is 10.0. The number of nitriles is 1. The molecule has 0 bridgehead atoms. The van der Waals surface area contributed by atoms with Crippen LogP contribution in [-0.2, 0) is 13.6 Å². The van der Waals surface area contributed by atoms with Crippen molar-refractivity contribution in [3.63, 3.8) is 0 Å². The summed E-state index contributed by atoms with van der Waals surface area (Å²) in [6.07, 6.45) is 0. The highest BCUT2D eigenvalue weighted by Crippen LogP contribution is 1.88. The fourth-order valence-electron chi connectivity index (χ4n) is 1.07. The van der Waals surface area contributed by atoms with Gasteiger partial charge in [-0.15, -0.1) is 0 Å². The molecular formula is C8H9N3O2. The van der Waals surface area contributed by atoms with E-state index < -0.39 is 11.2 Å². The van der Waals surface area contributed by atoms with Crippen molar-refractivity contribution in [1.82, 2.24) is 9.13 Å². The molecule has 0 saturated heterocycles. The maximum atomic E-state index is 11.4. The normalized spacial score (nSPS) is 9.62. The van der Waals surface area contributed by atoms with Crippen LogP contribution in [0.1, 0.15) is 12.6 Å². The number of hydrogen-bond donors (Lipinski definition) is 0. The minimum atomic E-state index is -0.453.